The molecule has 17 heavy (non-hydrogen) atoms. The van der Waals surface area contributed by atoms with Crippen LogP contribution in [0.5, 0.6) is 0 Å². The maximum Gasteiger partial charge on any atom is 0.271 e. The summed E-state index contributed by atoms with van der Waals surface area (Å²) in [4.78, 5) is 11.7. The number of rotatable bonds is 8. The molecule has 0 fully saturated rings. The minimum Gasteiger partial charge on any atom is -0.385 e. The molecule has 0 aliphatic carbocycles. The Morgan fingerprint density at radius 2 is 2.35 bits per heavy atom. The summed E-state index contributed by atoms with van der Waals surface area (Å²) in [6, 6.07) is 1.81. The van der Waals surface area contributed by atoms with Crippen molar-refractivity contribution in [3.8, 4) is 0 Å². The summed E-state index contributed by atoms with van der Waals surface area (Å²) >= 11 is 0. The van der Waals surface area contributed by atoms with Crippen LogP contribution in [0.25, 0.3) is 0 Å². The average Bonchev–Trinajstić information content (AvgIpc) is 2.78. The molecular formula is C12H21N3O2. The van der Waals surface area contributed by atoms with Gasteiger partial charge in [0.1, 0.15) is 5.69 Å². The topological polar surface area (TPSA) is 67.0 Å². The Hall–Kier alpha value is -1.36. The third-order valence-corrected chi connectivity index (χ3v) is 2.44. The predicted molar refractivity (Wildman–Crippen MR) is 66.0 cm³/mol. The van der Waals surface area contributed by atoms with E-state index in [1.165, 1.54) is 0 Å². The lowest BCUT2D eigenvalue weighted by molar-refractivity contribution is 0.0946. The van der Waals surface area contributed by atoms with E-state index in [4.69, 9.17) is 4.74 Å². The molecule has 1 amide bonds. The van der Waals surface area contributed by atoms with Gasteiger partial charge < -0.3 is 10.1 Å². The molecule has 0 saturated heterocycles. The molecule has 0 bridgehead atoms. The Kier molecular flexibility index (Phi) is 6.32. The molecule has 2 N–H and O–H groups in total. The highest BCUT2D eigenvalue weighted by Crippen LogP contribution is 2.02. The molecule has 1 aromatic rings. The average molecular weight is 239 g/mol. The minimum absolute atomic E-state index is 0.110. The van der Waals surface area contributed by atoms with Crippen molar-refractivity contribution in [1.82, 2.24) is 15.5 Å². The Labute approximate surface area is 102 Å². The molecule has 96 valence electrons. The second-order valence-corrected chi connectivity index (χ2v) is 3.98. The molecule has 5 nitrogen and oxygen atoms in total. The first-order valence-corrected chi connectivity index (χ1v) is 6.09. The number of unbranched alkanes of at least 4 members (excludes halogenated alkanes) is 1. The van der Waals surface area contributed by atoms with Crippen molar-refractivity contribution in [2.75, 3.05) is 20.3 Å². The zero-order valence-electron chi connectivity index (χ0n) is 10.6. The highest BCUT2D eigenvalue weighted by Gasteiger charge is 2.08. The monoisotopic (exact) mass is 239 g/mol. The van der Waals surface area contributed by atoms with Crippen molar-refractivity contribution in [1.29, 1.82) is 0 Å². The van der Waals surface area contributed by atoms with Crippen molar-refractivity contribution in [2.24, 2.45) is 0 Å². The van der Waals surface area contributed by atoms with Crippen molar-refractivity contribution < 1.29 is 9.53 Å². The summed E-state index contributed by atoms with van der Waals surface area (Å²) in [6.07, 6.45) is 3.85. The quantitative estimate of drug-likeness (QED) is 0.676. The molecule has 0 unspecified atom stereocenters. The standard InChI is InChI=1S/C12H21N3O2/c1-3-6-10-9-11(15-14-10)12(16)13-7-4-5-8-17-2/h9H,3-8H2,1-2H3,(H,13,16)(H,14,15). The fourth-order valence-corrected chi connectivity index (χ4v) is 1.54. The Morgan fingerprint density at radius 1 is 1.53 bits per heavy atom. The van der Waals surface area contributed by atoms with Crippen LogP contribution >= 0.6 is 0 Å². The van der Waals surface area contributed by atoms with Gasteiger partial charge in [0.25, 0.3) is 5.91 Å². The molecule has 0 saturated carbocycles. The van der Waals surface area contributed by atoms with Gasteiger partial charge in [-0.15, -0.1) is 0 Å². The van der Waals surface area contributed by atoms with Gasteiger partial charge in [-0.2, -0.15) is 5.10 Å². The van der Waals surface area contributed by atoms with E-state index in [-0.39, 0.29) is 5.91 Å². The zero-order valence-corrected chi connectivity index (χ0v) is 10.6. The molecule has 0 aromatic carbocycles. The van der Waals surface area contributed by atoms with Crippen molar-refractivity contribution in [3.05, 3.63) is 17.5 Å². The van der Waals surface area contributed by atoms with Crippen molar-refractivity contribution in [3.63, 3.8) is 0 Å². The fraction of sp³-hybridized carbons (Fsp3) is 0.667. The number of methoxy groups -OCH3 is 1. The van der Waals surface area contributed by atoms with E-state index in [2.05, 4.69) is 22.4 Å². The minimum atomic E-state index is -0.110. The molecule has 1 heterocycles. The Balaban J connectivity index is 2.26. The predicted octanol–water partition coefficient (Wildman–Crippen LogP) is 1.52. The second kappa shape index (κ2) is 7.84. The van der Waals surface area contributed by atoms with Gasteiger partial charge in [0.15, 0.2) is 0 Å². The van der Waals surface area contributed by atoms with Crippen LogP contribution in [-0.4, -0.2) is 36.4 Å². The molecule has 0 aliphatic rings. The van der Waals surface area contributed by atoms with Crippen LogP contribution in [0.2, 0.25) is 0 Å². The summed E-state index contributed by atoms with van der Waals surface area (Å²) in [5, 5.41) is 9.69. The van der Waals surface area contributed by atoms with E-state index in [0.29, 0.717) is 12.2 Å². The number of carbonyl (C=O) groups is 1. The van der Waals surface area contributed by atoms with Gasteiger partial charge in [0.05, 0.1) is 0 Å². The van der Waals surface area contributed by atoms with Crippen LogP contribution < -0.4 is 5.32 Å². The van der Waals surface area contributed by atoms with Gasteiger partial charge in [-0.05, 0) is 25.3 Å². The summed E-state index contributed by atoms with van der Waals surface area (Å²) < 4.78 is 4.93. The summed E-state index contributed by atoms with van der Waals surface area (Å²) in [7, 11) is 1.68. The van der Waals surface area contributed by atoms with E-state index in [1.54, 1.807) is 7.11 Å². The molecule has 0 aliphatic heterocycles. The number of amides is 1. The molecule has 0 radical (unpaired) electrons. The number of nitrogens with zero attached hydrogens (tertiary/aromatic N) is 1. The molecule has 1 rings (SSSR count). The van der Waals surface area contributed by atoms with Gasteiger partial charge >= 0.3 is 0 Å². The smallest absolute Gasteiger partial charge is 0.271 e. The van der Waals surface area contributed by atoms with E-state index >= 15 is 0 Å². The number of aromatic nitrogens is 2. The van der Waals surface area contributed by atoms with Crippen molar-refractivity contribution in [2.45, 2.75) is 32.6 Å². The van der Waals surface area contributed by atoms with E-state index in [9.17, 15) is 4.79 Å². The van der Waals surface area contributed by atoms with Gasteiger partial charge in [0.2, 0.25) is 0 Å². The van der Waals surface area contributed by atoms with Gasteiger partial charge in [-0.3, -0.25) is 9.89 Å². The number of hydrogen-bond acceptors (Lipinski definition) is 3. The van der Waals surface area contributed by atoms with E-state index in [1.807, 2.05) is 6.07 Å². The summed E-state index contributed by atoms with van der Waals surface area (Å²) in [6.45, 7) is 3.49. The normalized spacial score (nSPS) is 10.5. The number of aryl methyl sites for hydroxylation is 1. The SMILES string of the molecule is CCCc1cc(C(=O)NCCCCOC)n[nH]1. The highest BCUT2D eigenvalue weighted by molar-refractivity contribution is 5.92. The molecular weight excluding hydrogens is 218 g/mol. The number of nitrogens with one attached hydrogen (secondary N) is 2. The van der Waals surface area contributed by atoms with Gasteiger partial charge in [-0.1, -0.05) is 13.3 Å². The number of aromatic amines is 1. The van der Waals surface area contributed by atoms with E-state index < -0.39 is 0 Å². The van der Waals surface area contributed by atoms with Gasteiger partial charge in [0, 0.05) is 26.0 Å². The van der Waals surface area contributed by atoms with Gasteiger partial charge in [-0.25, -0.2) is 0 Å². The van der Waals surface area contributed by atoms with Crippen LogP contribution in [0, 0.1) is 0 Å². The number of ether oxygens (including phenoxy) is 1. The first-order valence-electron chi connectivity index (χ1n) is 6.09. The van der Waals surface area contributed by atoms with Crippen LogP contribution in [0.15, 0.2) is 6.07 Å². The summed E-state index contributed by atoms with van der Waals surface area (Å²) in [5.74, 6) is -0.110. The Bertz CT molecular complexity index is 336. The first-order chi connectivity index (χ1) is 8.27. The lowest BCUT2D eigenvalue weighted by atomic mass is 10.2. The maximum absolute atomic E-state index is 11.7. The largest absolute Gasteiger partial charge is 0.385 e. The second-order valence-electron chi connectivity index (χ2n) is 3.98. The van der Waals surface area contributed by atoms with Crippen molar-refractivity contribution >= 4 is 5.91 Å². The van der Waals surface area contributed by atoms with E-state index in [0.717, 1.165) is 38.0 Å². The number of H-pyrrole nitrogens is 1. The molecule has 1 aromatic heterocycles. The fourth-order valence-electron chi connectivity index (χ4n) is 1.54. The Morgan fingerprint density at radius 3 is 3.06 bits per heavy atom. The third-order valence-electron chi connectivity index (χ3n) is 2.44. The van der Waals surface area contributed by atoms with Crippen LogP contribution in [0.3, 0.4) is 0 Å². The molecule has 0 atom stereocenters. The van der Waals surface area contributed by atoms with Crippen LogP contribution in [-0.2, 0) is 11.2 Å². The highest BCUT2D eigenvalue weighted by atomic mass is 16.5. The maximum atomic E-state index is 11.7. The van der Waals surface area contributed by atoms with Crippen LogP contribution in [0.4, 0.5) is 0 Å². The molecule has 5 heteroatoms. The number of hydrogen-bond donors (Lipinski definition) is 2. The van der Waals surface area contributed by atoms with Crippen LogP contribution in [0.1, 0.15) is 42.4 Å². The molecule has 0 spiro atoms. The summed E-state index contributed by atoms with van der Waals surface area (Å²) in [5.41, 5.74) is 1.48. The number of carbonyl (C=O) groups excluding carboxylic acids is 1. The zero-order chi connectivity index (χ0) is 12.5. The lowest BCUT2D eigenvalue weighted by Gasteiger charge is -2.02. The first kappa shape index (κ1) is 13.7. The lowest BCUT2D eigenvalue weighted by Crippen LogP contribution is -2.24. The third kappa shape index (κ3) is 4.99.